The Balaban J connectivity index is 1.07. The van der Waals surface area contributed by atoms with Gasteiger partial charge in [-0.25, -0.2) is 8.78 Å². The van der Waals surface area contributed by atoms with Crippen LogP contribution in [0.1, 0.15) is 12.0 Å². The zero-order chi connectivity index (χ0) is 31.5. The highest BCUT2D eigenvalue weighted by Gasteiger charge is 2.19. The van der Waals surface area contributed by atoms with E-state index in [0.717, 1.165) is 28.2 Å². The monoisotopic (exact) mass is 610 g/mol. The summed E-state index contributed by atoms with van der Waals surface area (Å²) in [4.78, 5) is 2.08. The molecule has 0 unspecified atom stereocenters. The van der Waals surface area contributed by atoms with Gasteiger partial charge in [0.2, 0.25) is 0 Å². The van der Waals surface area contributed by atoms with Crippen LogP contribution in [0.2, 0.25) is 0 Å². The van der Waals surface area contributed by atoms with Gasteiger partial charge in [-0.15, -0.1) is 0 Å². The van der Waals surface area contributed by atoms with Gasteiger partial charge < -0.3 is 9.30 Å². The van der Waals surface area contributed by atoms with Crippen LogP contribution in [-0.2, 0) is 0 Å². The van der Waals surface area contributed by atoms with Crippen molar-refractivity contribution in [2.45, 2.75) is 6.43 Å². The van der Waals surface area contributed by atoms with Gasteiger partial charge >= 0.3 is 0 Å². The number of anilines is 3. The lowest BCUT2D eigenvalue weighted by Crippen LogP contribution is -2.09. The number of hydrogen-bond acceptors (Lipinski definition) is 1. The summed E-state index contributed by atoms with van der Waals surface area (Å²) in [5, 5.41) is 5.09. The second kappa shape index (κ2) is 10.8. The van der Waals surface area contributed by atoms with Crippen LogP contribution in [0.25, 0.3) is 60.3 Å². The molecule has 224 valence electrons. The molecule has 2 aromatic heterocycles. The van der Waals surface area contributed by atoms with E-state index >= 15 is 0 Å². The second-order valence-corrected chi connectivity index (χ2v) is 12.0. The van der Waals surface area contributed by atoms with Crippen LogP contribution in [0.5, 0.6) is 0 Å². The van der Waals surface area contributed by atoms with Gasteiger partial charge in [0.15, 0.2) is 0 Å². The number of fused-ring (bicyclic) bond motifs is 6. The minimum Gasteiger partial charge on any atom is -0.311 e. The molecule has 9 rings (SSSR count). The molecule has 7 aromatic carbocycles. The molecule has 0 radical (unpaired) electrons. The Morgan fingerprint density at radius 2 is 0.830 bits per heavy atom. The highest BCUT2D eigenvalue weighted by atomic mass is 19.3. The summed E-state index contributed by atoms with van der Waals surface area (Å²) in [5.74, 6) is 0. The number of aromatic nitrogens is 1. The average molecular weight is 611 g/mol. The Morgan fingerprint density at radius 3 is 1.36 bits per heavy atom. The molecule has 0 N–H and O–H groups in total. The van der Waals surface area contributed by atoms with Crippen molar-refractivity contribution >= 4 is 55.2 Å². The number of para-hydroxylation sites is 3. The Labute approximate surface area is 270 Å². The second-order valence-electron chi connectivity index (χ2n) is 12.0. The summed E-state index contributed by atoms with van der Waals surface area (Å²) in [5.41, 5.74) is 11.1. The Kier molecular flexibility index (Phi) is 6.29. The minimum absolute atomic E-state index is 0.0148. The molecule has 4 heteroatoms. The van der Waals surface area contributed by atoms with Crippen LogP contribution >= 0.6 is 0 Å². The number of hydrogen-bond donors (Lipinski definition) is 0. The van der Waals surface area contributed by atoms with Crippen molar-refractivity contribution in [3.63, 3.8) is 0 Å². The van der Waals surface area contributed by atoms with Crippen LogP contribution in [0.3, 0.4) is 0 Å². The molecule has 47 heavy (non-hydrogen) atoms. The van der Waals surface area contributed by atoms with Gasteiger partial charge in [0.25, 0.3) is 6.43 Å². The minimum atomic E-state index is -2.50. The van der Waals surface area contributed by atoms with Gasteiger partial charge in [-0.1, -0.05) is 103 Å². The summed E-state index contributed by atoms with van der Waals surface area (Å²) in [6.07, 6.45) is -2.50. The highest BCUT2D eigenvalue weighted by molar-refractivity contribution is 6.24. The predicted octanol–water partition coefficient (Wildman–Crippen LogP) is 12.6. The van der Waals surface area contributed by atoms with Crippen LogP contribution in [0.15, 0.2) is 164 Å². The predicted molar refractivity (Wildman–Crippen MR) is 192 cm³/mol. The molecular weight excluding hydrogens is 582 g/mol. The number of rotatable bonds is 6. The first kappa shape index (κ1) is 27.3. The van der Waals surface area contributed by atoms with E-state index in [1.54, 1.807) is 12.1 Å². The van der Waals surface area contributed by atoms with Gasteiger partial charge in [-0.05, 0) is 82.9 Å². The zero-order valence-corrected chi connectivity index (χ0v) is 25.3. The normalized spacial score (nSPS) is 11.8. The summed E-state index contributed by atoms with van der Waals surface area (Å²) < 4.78 is 28.9. The van der Waals surface area contributed by atoms with E-state index in [0.29, 0.717) is 0 Å². The van der Waals surface area contributed by atoms with Crippen molar-refractivity contribution in [2.75, 3.05) is 4.90 Å². The summed E-state index contributed by atoms with van der Waals surface area (Å²) >= 11 is 0. The van der Waals surface area contributed by atoms with Crippen LogP contribution in [0.4, 0.5) is 25.8 Å². The fourth-order valence-electron chi connectivity index (χ4n) is 7.07. The van der Waals surface area contributed by atoms with E-state index in [2.05, 4.69) is 118 Å². The summed E-state index contributed by atoms with van der Waals surface area (Å²) in [6, 6.07) is 55.6. The molecule has 9 aromatic rings. The first-order valence-electron chi connectivity index (χ1n) is 15.8. The fourth-order valence-corrected chi connectivity index (χ4v) is 7.07. The standard InChI is InChI=1S/C43H28F2N2/c44-43(45)31-20-24-35(25-21-31)46(33-8-2-1-3-9-33)34-22-18-29(19-23-34)28-14-16-30(17-15-28)32-26-38-36-10-4-6-12-40(36)47-41-13-7-5-11-37(41)39(27-32)42(38)47/h1-27,43H. The fraction of sp³-hybridized carbons (Fsp3) is 0.0233. The molecule has 0 amide bonds. The van der Waals surface area contributed by atoms with Gasteiger partial charge in [-0.2, -0.15) is 0 Å². The Hall–Kier alpha value is -6.00. The summed E-state index contributed by atoms with van der Waals surface area (Å²) in [6.45, 7) is 0. The third-order valence-corrected chi connectivity index (χ3v) is 9.30. The molecule has 0 aliphatic rings. The quantitative estimate of drug-likeness (QED) is 0.182. The van der Waals surface area contributed by atoms with Crippen molar-refractivity contribution in [3.8, 4) is 22.3 Å². The lowest BCUT2D eigenvalue weighted by Gasteiger charge is -2.26. The SMILES string of the molecule is FC(F)c1ccc(N(c2ccccc2)c2ccc(-c3ccc(-c4cc5c6ccccc6n6c7ccccc7c(c4)c56)cc3)cc2)cc1. The van der Waals surface area contributed by atoms with Crippen molar-refractivity contribution in [2.24, 2.45) is 0 Å². The van der Waals surface area contributed by atoms with Crippen molar-refractivity contribution < 1.29 is 8.78 Å². The maximum Gasteiger partial charge on any atom is 0.263 e. The van der Waals surface area contributed by atoms with Crippen LogP contribution in [0, 0.1) is 0 Å². The van der Waals surface area contributed by atoms with E-state index in [9.17, 15) is 8.78 Å². The third-order valence-electron chi connectivity index (χ3n) is 9.30. The summed E-state index contributed by atoms with van der Waals surface area (Å²) in [7, 11) is 0. The van der Waals surface area contributed by atoms with E-state index in [1.165, 1.54) is 61.4 Å². The van der Waals surface area contributed by atoms with Crippen molar-refractivity contribution in [1.29, 1.82) is 0 Å². The smallest absolute Gasteiger partial charge is 0.263 e. The number of alkyl halides is 2. The molecule has 0 saturated carbocycles. The third kappa shape index (κ3) is 4.44. The molecule has 0 aliphatic carbocycles. The van der Waals surface area contributed by atoms with Crippen molar-refractivity contribution in [3.05, 3.63) is 169 Å². The Bertz CT molecular complexity index is 2430. The lowest BCUT2D eigenvalue weighted by molar-refractivity contribution is 0.151. The molecular formula is C43H28F2N2. The Morgan fingerprint density at radius 1 is 0.404 bits per heavy atom. The maximum absolute atomic E-state index is 13.3. The number of halogens is 2. The average Bonchev–Trinajstić information content (AvgIpc) is 3.65. The zero-order valence-electron chi connectivity index (χ0n) is 25.3. The van der Waals surface area contributed by atoms with Gasteiger partial charge in [-0.3, -0.25) is 0 Å². The number of nitrogens with zero attached hydrogens (tertiary/aromatic N) is 2. The molecule has 0 atom stereocenters. The lowest BCUT2D eigenvalue weighted by atomic mass is 9.97. The molecule has 0 fully saturated rings. The first-order chi connectivity index (χ1) is 23.1. The molecule has 2 nitrogen and oxygen atoms in total. The molecule has 0 bridgehead atoms. The van der Waals surface area contributed by atoms with E-state index < -0.39 is 6.43 Å². The molecule has 0 spiro atoms. The van der Waals surface area contributed by atoms with E-state index in [1.807, 2.05) is 30.3 Å². The van der Waals surface area contributed by atoms with Gasteiger partial charge in [0.1, 0.15) is 0 Å². The van der Waals surface area contributed by atoms with E-state index in [-0.39, 0.29) is 5.56 Å². The maximum atomic E-state index is 13.3. The largest absolute Gasteiger partial charge is 0.311 e. The van der Waals surface area contributed by atoms with Crippen molar-refractivity contribution in [1.82, 2.24) is 4.40 Å². The highest BCUT2D eigenvalue weighted by Crippen LogP contribution is 2.42. The van der Waals surface area contributed by atoms with Crippen LogP contribution in [-0.4, -0.2) is 4.40 Å². The van der Waals surface area contributed by atoms with Gasteiger partial charge in [0, 0.05) is 44.2 Å². The van der Waals surface area contributed by atoms with Crippen LogP contribution < -0.4 is 4.90 Å². The molecule has 2 heterocycles. The topological polar surface area (TPSA) is 7.65 Å². The van der Waals surface area contributed by atoms with Gasteiger partial charge in [0.05, 0.1) is 16.6 Å². The molecule has 0 aliphatic heterocycles. The van der Waals surface area contributed by atoms with E-state index in [4.69, 9.17) is 0 Å². The molecule has 0 saturated heterocycles. The first-order valence-corrected chi connectivity index (χ1v) is 15.8. The number of benzene rings is 7.